The average Bonchev–Trinajstić information content (AvgIpc) is 2.59. The highest BCUT2D eigenvalue weighted by Gasteiger charge is 2.26. The first-order valence-electron chi connectivity index (χ1n) is 9.65. The van der Waals surface area contributed by atoms with Crippen LogP contribution in [0.25, 0.3) is 0 Å². The van der Waals surface area contributed by atoms with Crippen molar-refractivity contribution < 1.29 is 9.84 Å². The van der Waals surface area contributed by atoms with Crippen LogP contribution in [0, 0.1) is 5.92 Å². The van der Waals surface area contributed by atoms with E-state index in [1.54, 1.807) is 0 Å². The summed E-state index contributed by atoms with van der Waals surface area (Å²) in [6.07, 6.45) is 2.37. The Balaban J connectivity index is 0.00000182. The van der Waals surface area contributed by atoms with Crippen molar-refractivity contribution in [3.05, 3.63) is 29.8 Å². The zero-order valence-corrected chi connectivity index (χ0v) is 18.1. The van der Waals surface area contributed by atoms with Crippen LogP contribution in [-0.2, 0) is 6.54 Å². The molecule has 0 bridgehead atoms. The molecule has 0 saturated carbocycles. The number of likely N-dealkylation sites (tertiary alicyclic amines) is 2. The highest BCUT2D eigenvalue weighted by Crippen LogP contribution is 2.23. The normalized spacial score (nSPS) is 23.8. The van der Waals surface area contributed by atoms with Crippen LogP contribution in [0.4, 0.5) is 0 Å². The molecule has 0 amide bonds. The molecule has 2 heterocycles. The Labute approximate surface area is 176 Å². The molecule has 1 aromatic rings. The molecule has 2 aliphatic rings. The summed E-state index contributed by atoms with van der Waals surface area (Å²) >= 11 is 0. The van der Waals surface area contributed by atoms with Gasteiger partial charge in [-0.3, -0.25) is 9.80 Å². The Morgan fingerprint density at radius 2 is 1.96 bits per heavy atom. The van der Waals surface area contributed by atoms with Crippen molar-refractivity contribution in [1.29, 1.82) is 0 Å². The number of benzene rings is 1. The van der Waals surface area contributed by atoms with Crippen LogP contribution in [0.15, 0.2) is 24.3 Å². The highest BCUT2D eigenvalue weighted by atomic mass is 35.5. The van der Waals surface area contributed by atoms with E-state index in [0.717, 1.165) is 51.6 Å². The van der Waals surface area contributed by atoms with Crippen LogP contribution < -0.4 is 10.1 Å². The smallest absolute Gasteiger partial charge is 0.119 e. The van der Waals surface area contributed by atoms with Crippen molar-refractivity contribution in [1.82, 2.24) is 15.1 Å². The quantitative estimate of drug-likeness (QED) is 0.677. The summed E-state index contributed by atoms with van der Waals surface area (Å²) in [6, 6.07) is 9.09. The third-order valence-corrected chi connectivity index (χ3v) is 5.49. The van der Waals surface area contributed by atoms with Crippen LogP contribution >= 0.6 is 24.8 Å². The van der Waals surface area contributed by atoms with Crippen molar-refractivity contribution in [2.24, 2.45) is 5.92 Å². The van der Waals surface area contributed by atoms with Crippen LogP contribution in [0.1, 0.15) is 25.3 Å². The second kappa shape index (κ2) is 12.1. The largest absolute Gasteiger partial charge is 0.493 e. The van der Waals surface area contributed by atoms with E-state index in [0.29, 0.717) is 12.0 Å². The van der Waals surface area contributed by atoms with Gasteiger partial charge in [-0.1, -0.05) is 12.1 Å². The summed E-state index contributed by atoms with van der Waals surface area (Å²) in [5.41, 5.74) is 1.26. The molecule has 2 N–H and O–H groups in total. The Morgan fingerprint density at radius 1 is 1.19 bits per heavy atom. The Bertz CT molecular complexity index is 544. The number of hydrogen-bond acceptors (Lipinski definition) is 5. The predicted octanol–water partition coefficient (Wildman–Crippen LogP) is 2.41. The highest BCUT2D eigenvalue weighted by molar-refractivity contribution is 5.85. The van der Waals surface area contributed by atoms with Gasteiger partial charge in [-0.05, 0) is 44.5 Å². The number of nitrogens with one attached hydrogen (secondary N) is 1. The molecule has 0 aliphatic carbocycles. The number of β-amino-alcohol motifs (C(OH)–C–C–N with tert-alkyl or cyclic N) is 1. The van der Waals surface area contributed by atoms with Gasteiger partial charge in [0.15, 0.2) is 0 Å². The first kappa shape index (κ1) is 24.5. The fourth-order valence-corrected chi connectivity index (χ4v) is 3.84. The van der Waals surface area contributed by atoms with Gasteiger partial charge in [-0.25, -0.2) is 0 Å². The lowest BCUT2D eigenvalue weighted by Gasteiger charge is -2.38. The number of aliphatic hydroxyl groups is 1. The number of halogens is 2. The van der Waals surface area contributed by atoms with E-state index in [-0.39, 0.29) is 30.9 Å². The SMILES string of the molecule is CNCCN1C[C@H](COc2cccc(CN3CC(O)C3)c2)CC[C@@H]1C.Cl.Cl. The van der Waals surface area contributed by atoms with Gasteiger partial charge >= 0.3 is 0 Å². The van der Waals surface area contributed by atoms with Gasteiger partial charge in [-0.2, -0.15) is 0 Å². The monoisotopic (exact) mass is 419 g/mol. The van der Waals surface area contributed by atoms with Crippen molar-refractivity contribution in [3.8, 4) is 5.75 Å². The molecule has 5 nitrogen and oxygen atoms in total. The first-order chi connectivity index (χ1) is 12.1. The van der Waals surface area contributed by atoms with E-state index in [1.807, 2.05) is 7.05 Å². The minimum absolute atomic E-state index is 0. The van der Waals surface area contributed by atoms with Crippen LogP contribution in [0.5, 0.6) is 5.75 Å². The average molecular weight is 420 g/mol. The molecule has 27 heavy (non-hydrogen) atoms. The summed E-state index contributed by atoms with van der Waals surface area (Å²) in [4.78, 5) is 4.84. The van der Waals surface area contributed by atoms with Crippen LogP contribution in [-0.4, -0.2) is 73.4 Å². The number of piperidine rings is 1. The fourth-order valence-electron chi connectivity index (χ4n) is 3.84. The maximum Gasteiger partial charge on any atom is 0.119 e. The van der Waals surface area contributed by atoms with Gasteiger partial charge in [0.1, 0.15) is 5.75 Å². The molecule has 3 rings (SSSR count). The van der Waals surface area contributed by atoms with Crippen molar-refractivity contribution in [2.75, 3.05) is 46.4 Å². The number of nitrogens with zero attached hydrogens (tertiary/aromatic N) is 2. The lowest BCUT2D eigenvalue weighted by atomic mass is 9.94. The van der Waals surface area contributed by atoms with Gasteiger partial charge in [0.25, 0.3) is 0 Å². The van der Waals surface area contributed by atoms with Gasteiger partial charge in [0.05, 0.1) is 12.7 Å². The molecule has 0 aromatic heterocycles. The standard InChI is InChI=1S/C20H33N3O2.2ClH/c1-16-6-7-18(12-23(16)9-8-21-2)15-25-20-5-3-4-17(10-20)11-22-13-19(24)14-22;;/h3-5,10,16,18-19,21,24H,6-9,11-15H2,1-2H3;2*1H/t16-,18+;;/m0../s1. The van der Waals surface area contributed by atoms with Gasteiger partial charge in [0.2, 0.25) is 0 Å². The van der Waals surface area contributed by atoms with Crippen LogP contribution in [0.3, 0.4) is 0 Å². The number of hydrogen-bond donors (Lipinski definition) is 2. The second-order valence-electron chi connectivity index (χ2n) is 7.70. The van der Waals surface area contributed by atoms with Gasteiger partial charge < -0.3 is 15.2 Å². The van der Waals surface area contributed by atoms with Crippen molar-refractivity contribution in [3.63, 3.8) is 0 Å². The summed E-state index contributed by atoms with van der Waals surface area (Å²) in [6.45, 7) is 8.90. The molecule has 2 fully saturated rings. The first-order valence-corrected chi connectivity index (χ1v) is 9.65. The fraction of sp³-hybridized carbons (Fsp3) is 0.700. The molecule has 0 unspecified atom stereocenters. The minimum Gasteiger partial charge on any atom is -0.493 e. The van der Waals surface area contributed by atoms with E-state index in [2.05, 4.69) is 46.3 Å². The molecule has 2 aliphatic heterocycles. The number of rotatable bonds is 8. The molecular weight excluding hydrogens is 385 g/mol. The predicted molar refractivity (Wildman–Crippen MR) is 115 cm³/mol. The van der Waals surface area contributed by atoms with Gasteiger partial charge in [-0.15, -0.1) is 24.8 Å². The Morgan fingerprint density at radius 3 is 2.67 bits per heavy atom. The summed E-state index contributed by atoms with van der Waals surface area (Å²) in [5.74, 6) is 1.58. The topological polar surface area (TPSA) is 48.0 Å². The maximum absolute atomic E-state index is 9.40. The van der Waals surface area contributed by atoms with E-state index < -0.39 is 0 Å². The lowest BCUT2D eigenvalue weighted by Crippen LogP contribution is -2.49. The number of ether oxygens (including phenoxy) is 1. The van der Waals surface area contributed by atoms with E-state index in [4.69, 9.17) is 4.74 Å². The number of aliphatic hydroxyl groups excluding tert-OH is 1. The van der Waals surface area contributed by atoms with E-state index in [9.17, 15) is 5.11 Å². The van der Waals surface area contributed by atoms with Crippen LogP contribution in [0.2, 0.25) is 0 Å². The van der Waals surface area contributed by atoms with E-state index >= 15 is 0 Å². The third kappa shape index (κ3) is 7.41. The molecule has 156 valence electrons. The number of likely N-dealkylation sites (N-methyl/N-ethyl adjacent to an activating group) is 1. The Hall–Kier alpha value is -0.560. The molecule has 7 heteroatoms. The summed E-state index contributed by atoms with van der Waals surface area (Å²) in [5, 5.41) is 12.6. The molecule has 2 saturated heterocycles. The summed E-state index contributed by atoms with van der Waals surface area (Å²) < 4.78 is 6.12. The van der Waals surface area contributed by atoms with Crippen molar-refractivity contribution >= 4 is 24.8 Å². The third-order valence-electron chi connectivity index (χ3n) is 5.49. The van der Waals surface area contributed by atoms with Gasteiger partial charge in [0, 0.05) is 51.2 Å². The molecule has 0 spiro atoms. The zero-order valence-electron chi connectivity index (χ0n) is 16.5. The molecule has 2 atom stereocenters. The Kier molecular flexibility index (Phi) is 11.0. The zero-order chi connectivity index (χ0) is 17.6. The lowest BCUT2D eigenvalue weighted by molar-refractivity contribution is -0.00289. The van der Waals surface area contributed by atoms with Crippen molar-refractivity contribution in [2.45, 2.75) is 38.5 Å². The van der Waals surface area contributed by atoms with E-state index in [1.165, 1.54) is 18.4 Å². The molecule has 0 radical (unpaired) electrons. The molecular formula is C20H35Cl2N3O2. The second-order valence-corrected chi connectivity index (χ2v) is 7.70. The maximum atomic E-state index is 9.40. The minimum atomic E-state index is -0.140. The summed E-state index contributed by atoms with van der Waals surface area (Å²) in [7, 11) is 2.02. The molecule has 1 aromatic carbocycles.